The fourth-order valence-corrected chi connectivity index (χ4v) is 1.33. The first-order chi connectivity index (χ1) is 11.3. The molecule has 154 valence electrons. The van der Waals surface area contributed by atoms with E-state index in [0.717, 1.165) is 0 Å². The van der Waals surface area contributed by atoms with Crippen molar-refractivity contribution in [1.29, 1.82) is 0 Å². The normalized spacial score (nSPS) is 27.5. The zero-order valence-electron chi connectivity index (χ0n) is 11.4. The second-order valence-corrected chi connectivity index (χ2v) is 4.45. The summed E-state index contributed by atoms with van der Waals surface area (Å²) in [6.07, 6.45) is -33.1. The Hall–Kier alpha value is -1.52. The fourth-order valence-electron chi connectivity index (χ4n) is 1.33. The van der Waals surface area contributed by atoms with Gasteiger partial charge in [-0.05, 0) is 0 Å². The molecule has 0 N–H and O–H groups in total. The number of alkyl halides is 13. The molecular weight excluding hydrogens is 417 g/mol. The van der Waals surface area contributed by atoms with Crippen LogP contribution in [0.1, 0.15) is 0 Å². The van der Waals surface area contributed by atoms with Gasteiger partial charge in [0, 0.05) is 0 Å². The van der Waals surface area contributed by atoms with Gasteiger partial charge in [0.25, 0.3) is 18.4 Å². The summed E-state index contributed by atoms with van der Waals surface area (Å²) >= 11 is 0. The molecular formula is C9H4F13NO3. The molecule has 1 rings (SSSR count). The van der Waals surface area contributed by atoms with Gasteiger partial charge in [0.15, 0.2) is 6.61 Å². The number of aliphatic imine (C=N–C) groups is 1. The van der Waals surface area contributed by atoms with E-state index in [1.165, 1.54) is 0 Å². The molecule has 26 heavy (non-hydrogen) atoms. The second-order valence-electron chi connectivity index (χ2n) is 4.45. The largest absolute Gasteiger partial charge is 0.467 e. The summed E-state index contributed by atoms with van der Waals surface area (Å²) < 4.78 is 172. The first-order valence-electron chi connectivity index (χ1n) is 5.78. The van der Waals surface area contributed by atoms with Crippen LogP contribution >= 0.6 is 0 Å². The molecule has 1 aliphatic rings. The Labute approximate surface area is 133 Å². The predicted octanol–water partition coefficient (Wildman–Crippen LogP) is 4.02. The lowest BCUT2D eigenvalue weighted by Gasteiger charge is -2.37. The van der Waals surface area contributed by atoms with E-state index in [2.05, 4.69) is 14.2 Å². The molecule has 0 bridgehead atoms. The van der Waals surface area contributed by atoms with Gasteiger partial charge >= 0.3 is 30.6 Å². The summed E-state index contributed by atoms with van der Waals surface area (Å²) in [5.74, 6) is -8.05. The fraction of sp³-hybridized carbons (Fsp3) is 0.889. The Balaban J connectivity index is 3.26. The molecule has 0 aliphatic carbocycles. The van der Waals surface area contributed by atoms with Crippen molar-refractivity contribution < 1.29 is 71.3 Å². The Morgan fingerprint density at radius 1 is 0.962 bits per heavy atom. The Morgan fingerprint density at radius 3 is 1.81 bits per heavy atom. The van der Waals surface area contributed by atoms with Gasteiger partial charge in [0.1, 0.15) is 0 Å². The van der Waals surface area contributed by atoms with Crippen LogP contribution in [0.3, 0.4) is 0 Å². The van der Waals surface area contributed by atoms with Crippen LogP contribution in [0.15, 0.2) is 4.99 Å². The van der Waals surface area contributed by atoms with Gasteiger partial charge in [-0.2, -0.15) is 57.7 Å². The standard InChI is InChI=1S/C9H4F13NO3/c10-2-3(24-1-5(11,12)13)23-9(22,8(20,21)25-2)26-4(6(14,15)16)7(17,18)19/h2,4H,1H2. The van der Waals surface area contributed by atoms with E-state index in [1.54, 1.807) is 4.99 Å². The Morgan fingerprint density at radius 2 is 1.42 bits per heavy atom. The van der Waals surface area contributed by atoms with Gasteiger partial charge in [-0.15, -0.1) is 0 Å². The van der Waals surface area contributed by atoms with E-state index in [4.69, 9.17) is 0 Å². The first-order valence-corrected chi connectivity index (χ1v) is 5.78. The number of halogens is 13. The SMILES string of the molecule is FC1OC(F)(F)C(F)(OC(C(F)(F)F)C(F)(F)F)N=C1OCC(F)(F)F. The third-order valence-electron chi connectivity index (χ3n) is 2.31. The molecule has 17 heteroatoms. The molecule has 0 saturated carbocycles. The van der Waals surface area contributed by atoms with E-state index in [0.29, 0.717) is 0 Å². The highest BCUT2D eigenvalue weighted by atomic mass is 19.4. The lowest BCUT2D eigenvalue weighted by molar-refractivity contribution is -0.446. The number of rotatable bonds is 3. The van der Waals surface area contributed by atoms with E-state index >= 15 is 0 Å². The quantitative estimate of drug-likeness (QED) is 0.511. The molecule has 0 spiro atoms. The van der Waals surface area contributed by atoms with Gasteiger partial charge in [-0.1, -0.05) is 0 Å². The van der Waals surface area contributed by atoms with Gasteiger partial charge < -0.3 is 4.74 Å². The summed E-state index contributed by atoms with van der Waals surface area (Å²) in [6.45, 7) is -2.50. The summed E-state index contributed by atoms with van der Waals surface area (Å²) in [5, 5.41) is 0. The molecule has 0 fully saturated rings. The maximum Gasteiger partial charge on any atom is 0.440 e. The number of hydrogen-bond acceptors (Lipinski definition) is 4. The Bertz CT molecular complexity index is 524. The number of hydrogen-bond donors (Lipinski definition) is 0. The van der Waals surface area contributed by atoms with Crippen molar-refractivity contribution >= 4 is 5.90 Å². The highest BCUT2D eigenvalue weighted by Crippen LogP contribution is 2.46. The smallest absolute Gasteiger partial charge is 0.440 e. The summed E-state index contributed by atoms with van der Waals surface area (Å²) in [7, 11) is 0. The van der Waals surface area contributed by atoms with Crippen LogP contribution in [-0.2, 0) is 14.2 Å². The molecule has 2 unspecified atom stereocenters. The molecule has 0 saturated heterocycles. The average molecular weight is 421 g/mol. The lowest BCUT2D eigenvalue weighted by atomic mass is 10.3. The molecule has 0 radical (unpaired) electrons. The molecule has 0 amide bonds. The highest BCUT2D eigenvalue weighted by molar-refractivity contribution is 5.80. The van der Waals surface area contributed by atoms with Crippen molar-refractivity contribution in [2.75, 3.05) is 6.61 Å². The van der Waals surface area contributed by atoms with E-state index < -0.39 is 55.6 Å². The number of ether oxygens (including phenoxy) is 3. The average Bonchev–Trinajstić information content (AvgIpc) is 2.35. The lowest BCUT2D eigenvalue weighted by Crippen LogP contribution is -2.59. The molecule has 2 atom stereocenters. The molecule has 0 aromatic heterocycles. The first kappa shape index (κ1) is 22.5. The van der Waals surface area contributed by atoms with Crippen LogP contribution in [0, 0.1) is 0 Å². The number of nitrogens with zero attached hydrogens (tertiary/aromatic N) is 1. The molecule has 1 heterocycles. The highest BCUT2D eigenvalue weighted by Gasteiger charge is 2.70. The molecule has 1 aliphatic heterocycles. The minimum Gasteiger partial charge on any atom is -0.467 e. The van der Waals surface area contributed by atoms with Crippen molar-refractivity contribution in [2.24, 2.45) is 4.99 Å². The second kappa shape index (κ2) is 6.58. The van der Waals surface area contributed by atoms with Gasteiger partial charge in [0.05, 0.1) is 0 Å². The third-order valence-corrected chi connectivity index (χ3v) is 2.31. The minimum absolute atomic E-state index is 1.67. The zero-order chi connectivity index (χ0) is 20.8. The van der Waals surface area contributed by atoms with E-state index in [9.17, 15) is 57.1 Å². The van der Waals surface area contributed by atoms with Crippen molar-refractivity contribution in [3.05, 3.63) is 0 Å². The van der Waals surface area contributed by atoms with Crippen LogP contribution in [0.4, 0.5) is 57.1 Å². The maximum atomic E-state index is 13.9. The zero-order valence-corrected chi connectivity index (χ0v) is 11.4. The predicted molar refractivity (Wildman–Crippen MR) is 51.2 cm³/mol. The van der Waals surface area contributed by atoms with E-state index in [1.807, 2.05) is 0 Å². The monoisotopic (exact) mass is 421 g/mol. The van der Waals surface area contributed by atoms with Gasteiger partial charge in [-0.25, -0.2) is 4.39 Å². The molecule has 0 aromatic rings. The molecule has 4 nitrogen and oxygen atoms in total. The molecule has 0 aromatic carbocycles. The Kier molecular flexibility index (Phi) is 5.70. The summed E-state index contributed by atoms with van der Waals surface area (Å²) in [6, 6.07) is 0. The van der Waals surface area contributed by atoms with Crippen LogP contribution in [0.5, 0.6) is 0 Å². The van der Waals surface area contributed by atoms with Crippen molar-refractivity contribution in [3.63, 3.8) is 0 Å². The van der Waals surface area contributed by atoms with Crippen LogP contribution in [0.25, 0.3) is 0 Å². The van der Waals surface area contributed by atoms with Crippen molar-refractivity contribution in [2.45, 2.75) is 43.1 Å². The minimum atomic E-state index is -6.50. The maximum absolute atomic E-state index is 13.9. The van der Waals surface area contributed by atoms with Crippen molar-refractivity contribution in [3.8, 4) is 0 Å². The summed E-state index contributed by atoms with van der Waals surface area (Å²) in [4.78, 5) is 1.67. The van der Waals surface area contributed by atoms with Gasteiger partial charge in [0.2, 0.25) is 0 Å². The summed E-state index contributed by atoms with van der Waals surface area (Å²) in [5.41, 5.74) is 0. The van der Waals surface area contributed by atoms with Crippen LogP contribution < -0.4 is 0 Å². The van der Waals surface area contributed by atoms with E-state index in [-0.39, 0.29) is 0 Å². The topological polar surface area (TPSA) is 40.0 Å². The van der Waals surface area contributed by atoms with Crippen molar-refractivity contribution in [1.82, 2.24) is 0 Å². The van der Waals surface area contributed by atoms with Crippen LogP contribution in [0.2, 0.25) is 0 Å². The van der Waals surface area contributed by atoms with Crippen LogP contribution in [-0.4, -0.2) is 55.6 Å². The third kappa shape index (κ3) is 5.24. The van der Waals surface area contributed by atoms with Gasteiger partial charge in [-0.3, -0.25) is 9.47 Å².